The summed E-state index contributed by atoms with van der Waals surface area (Å²) >= 11 is 6.46. The number of rotatable bonds is 8. The van der Waals surface area contributed by atoms with Crippen molar-refractivity contribution < 1.29 is 23.4 Å². The van der Waals surface area contributed by atoms with Crippen LogP contribution in [0.3, 0.4) is 0 Å². The minimum atomic E-state index is -0.546. The molecule has 2 aromatic carbocycles. The molecule has 8 rings (SSSR count). The molecule has 0 radical (unpaired) electrons. The van der Waals surface area contributed by atoms with E-state index in [9.17, 15) is 9.18 Å². The van der Waals surface area contributed by atoms with Gasteiger partial charge in [0.2, 0.25) is 0 Å². The summed E-state index contributed by atoms with van der Waals surface area (Å²) in [6.07, 6.45) is 4.75. The van der Waals surface area contributed by atoms with Crippen LogP contribution in [-0.2, 0) is 24.2 Å². The monoisotopic (exact) mass is 685 g/mol. The zero-order valence-corrected chi connectivity index (χ0v) is 28.0. The molecule has 3 fully saturated rings. The molecule has 4 aromatic rings. The lowest BCUT2D eigenvalue weighted by Crippen LogP contribution is -2.65. The predicted octanol–water partition coefficient (Wildman–Crippen LogP) is 5.32. The van der Waals surface area contributed by atoms with Gasteiger partial charge in [-0.05, 0) is 49.6 Å². The van der Waals surface area contributed by atoms with Crippen LogP contribution in [0.5, 0.6) is 17.5 Å². The standard InChI is InChI=1S/C36H37ClFN7O4/c1-23-20-47-14-13-45(23)34(46)27-15-25(38)7-8-30(27)49-35-40-33(32(37)41-42-35)44-21-36(22-44)16-26(17-36)48-31-9-11-39-29-10-12-43(19-28(29)31)18-24-5-3-2-4-6-24/h2-9,11,15,23,26H,10,12-14,16-22H2,1H3. The van der Waals surface area contributed by atoms with Crippen LogP contribution in [0.4, 0.5) is 10.2 Å². The van der Waals surface area contributed by atoms with Gasteiger partial charge >= 0.3 is 6.01 Å². The Bertz CT molecular complexity index is 1850. The second-order valence-electron chi connectivity index (χ2n) is 13.6. The van der Waals surface area contributed by atoms with Gasteiger partial charge < -0.3 is 24.0 Å². The van der Waals surface area contributed by atoms with Crippen molar-refractivity contribution in [2.24, 2.45) is 5.41 Å². The number of hydrogen-bond donors (Lipinski definition) is 0. The normalized spacial score (nSPS) is 20.3. The lowest BCUT2D eigenvalue weighted by atomic mass is 9.61. The molecule has 2 aromatic heterocycles. The first-order valence-electron chi connectivity index (χ1n) is 16.7. The minimum absolute atomic E-state index is 0.0744. The molecule has 1 spiro atoms. The smallest absolute Gasteiger partial charge is 0.343 e. The van der Waals surface area contributed by atoms with Gasteiger partial charge in [0.05, 0.1) is 24.8 Å². The summed E-state index contributed by atoms with van der Waals surface area (Å²) in [6.45, 7) is 7.32. The molecule has 0 bridgehead atoms. The fourth-order valence-corrected chi connectivity index (χ4v) is 7.67. The van der Waals surface area contributed by atoms with Gasteiger partial charge in [-0.15, -0.1) is 5.10 Å². The first-order chi connectivity index (χ1) is 23.8. The Kier molecular flexibility index (Phi) is 8.55. The summed E-state index contributed by atoms with van der Waals surface area (Å²) < 4.78 is 32.3. The number of nitrogens with zero attached hydrogens (tertiary/aromatic N) is 7. The van der Waals surface area contributed by atoms with Gasteiger partial charge in [0, 0.05) is 68.6 Å². The van der Waals surface area contributed by atoms with Crippen LogP contribution in [0.25, 0.3) is 0 Å². The fourth-order valence-electron chi connectivity index (χ4n) is 7.47. The van der Waals surface area contributed by atoms with Crippen LogP contribution in [0.2, 0.25) is 5.15 Å². The second-order valence-corrected chi connectivity index (χ2v) is 13.9. The Morgan fingerprint density at radius 1 is 1.08 bits per heavy atom. The average Bonchev–Trinajstić information content (AvgIpc) is 3.07. The molecule has 13 heteroatoms. The summed E-state index contributed by atoms with van der Waals surface area (Å²) in [6, 6.07) is 16.1. The lowest BCUT2D eigenvalue weighted by molar-refractivity contribution is -0.0352. The highest BCUT2D eigenvalue weighted by Crippen LogP contribution is 2.51. The quantitative estimate of drug-likeness (QED) is 0.242. The number of benzene rings is 2. The van der Waals surface area contributed by atoms with Crippen LogP contribution in [0.15, 0.2) is 60.8 Å². The third kappa shape index (κ3) is 6.52. The van der Waals surface area contributed by atoms with Gasteiger partial charge in [0.25, 0.3) is 5.91 Å². The Morgan fingerprint density at radius 2 is 1.92 bits per heavy atom. The van der Waals surface area contributed by atoms with Crippen molar-refractivity contribution >= 4 is 23.3 Å². The predicted molar refractivity (Wildman–Crippen MR) is 179 cm³/mol. The molecule has 5 heterocycles. The lowest BCUT2D eigenvalue weighted by Gasteiger charge is -2.58. The number of ether oxygens (including phenoxy) is 3. The van der Waals surface area contributed by atoms with Crippen molar-refractivity contribution in [3.05, 3.63) is 94.1 Å². The van der Waals surface area contributed by atoms with Gasteiger partial charge in [0.15, 0.2) is 11.0 Å². The molecular weight excluding hydrogens is 649 g/mol. The molecule has 1 amide bonds. The molecule has 1 aliphatic carbocycles. The van der Waals surface area contributed by atoms with E-state index >= 15 is 0 Å². The zero-order chi connectivity index (χ0) is 33.5. The van der Waals surface area contributed by atoms with E-state index in [1.807, 2.05) is 25.3 Å². The Morgan fingerprint density at radius 3 is 2.73 bits per heavy atom. The van der Waals surface area contributed by atoms with E-state index in [1.165, 1.54) is 29.3 Å². The Labute approximate surface area is 289 Å². The van der Waals surface area contributed by atoms with Gasteiger partial charge in [-0.2, -0.15) is 4.98 Å². The molecule has 49 heavy (non-hydrogen) atoms. The minimum Gasteiger partial charge on any atom is -0.490 e. The SMILES string of the molecule is CC1COCCN1C(=O)c1cc(F)ccc1Oc1nnc(Cl)c(N2CC3(CC(Oc4ccnc5c4CN(Cc4ccccc4)CC5)C3)C2)n1. The number of anilines is 1. The highest BCUT2D eigenvalue weighted by molar-refractivity contribution is 6.31. The van der Waals surface area contributed by atoms with E-state index in [1.54, 1.807) is 4.90 Å². The van der Waals surface area contributed by atoms with Gasteiger partial charge in [0.1, 0.15) is 23.4 Å². The molecular formula is C36H37ClFN7O4. The first kappa shape index (κ1) is 31.9. The number of fused-ring (bicyclic) bond motifs is 1. The molecule has 1 unspecified atom stereocenters. The number of amides is 1. The third-order valence-corrected chi connectivity index (χ3v) is 10.2. The highest BCUT2D eigenvalue weighted by atomic mass is 35.5. The number of hydrogen-bond acceptors (Lipinski definition) is 10. The van der Waals surface area contributed by atoms with E-state index in [0.29, 0.717) is 25.6 Å². The average molecular weight is 686 g/mol. The van der Waals surface area contributed by atoms with Crippen LogP contribution in [-0.4, -0.2) is 87.4 Å². The van der Waals surface area contributed by atoms with E-state index in [0.717, 1.165) is 63.4 Å². The Hall–Kier alpha value is -4.39. The molecule has 0 N–H and O–H groups in total. The van der Waals surface area contributed by atoms with Crippen LogP contribution in [0.1, 0.15) is 46.9 Å². The summed E-state index contributed by atoms with van der Waals surface area (Å²) in [5, 5.41) is 8.25. The molecule has 1 saturated carbocycles. The second kappa shape index (κ2) is 13.1. The van der Waals surface area contributed by atoms with Crippen molar-refractivity contribution in [1.29, 1.82) is 0 Å². The van der Waals surface area contributed by atoms with Crippen molar-refractivity contribution in [2.45, 2.75) is 51.4 Å². The third-order valence-electron chi connectivity index (χ3n) is 9.98. The van der Waals surface area contributed by atoms with E-state index in [4.69, 9.17) is 25.8 Å². The number of carbonyl (C=O) groups excluding carboxylic acids is 1. The topological polar surface area (TPSA) is 106 Å². The first-order valence-corrected chi connectivity index (χ1v) is 17.1. The van der Waals surface area contributed by atoms with Crippen molar-refractivity contribution in [2.75, 3.05) is 44.3 Å². The van der Waals surface area contributed by atoms with Gasteiger partial charge in [-0.1, -0.05) is 47.0 Å². The highest BCUT2D eigenvalue weighted by Gasteiger charge is 2.54. The molecule has 1 atom stereocenters. The van der Waals surface area contributed by atoms with Crippen molar-refractivity contribution in [3.63, 3.8) is 0 Å². The molecule has 2 saturated heterocycles. The molecule has 11 nitrogen and oxygen atoms in total. The van der Waals surface area contributed by atoms with Crippen LogP contribution >= 0.6 is 11.6 Å². The number of carbonyl (C=O) groups is 1. The summed E-state index contributed by atoms with van der Waals surface area (Å²) in [7, 11) is 0. The summed E-state index contributed by atoms with van der Waals surface area (Å²) in [5.41, 5.74) is 3.81. The number of aromatic nitrogens is 4. The maximum Gasteiger partial charge on any atom is 0.343 e. The molecule has 4 aliphatic rings. The van der Waals surface area contributed by atoms with Crippen molar-refractivity contribution in [3.8, 4) is 17.5 Å². The fraction of sp³-hybridized carbons (Fsp3) is 0.417. The van der Waals surface area contributed by atoms with Gasteiger partial charge in [-0.3, -0.25) is 14.7 Å². The molecule has 3 aliphatic heterocycles. The maximum absolute atomic E-state index is 14.3. The number of morpholine rings is 1. The number of pyridine rings is 1. The van der Waals surface area contributed by atoms with E-state index < -0.39 is 5.82 Å². The van der Waals surface area contributed by atoms with E-state index in [-0.39, 0.29) is 45.9 Å². The number of halogens is 2. The largest absolute Gasteiger partial charge is 0.490 e. The van der Waals surface area contributed by atoms with Crippen LogP contribution in [0, 0.1) is 11.2 Å². The molecule has 254 valence electrons. The van der Waals surface area contributed by atoms with Gasteiger partial charge in [-0.25, -0.2) is 4.39 Å². The summed E-state index contributed by atoms with van der Waals surface area (Å²) in [4.78, 5) is 28.8. The van der Waals surface area contributed by atoms with Crippen molar-refractivity contribution in [1.82, 2.24) is 30.0 Å². The maximum atomic E-state index is 14.3. The van der Waals surface area contributed by atoms with E-state index in [2.05, 4.69) is 54.2 Å². The summed E-state index contributed by atoms with van der Waals surface area (Å²) in [5.74, 6) is 0.636. The Balaban J connectivity index is 0.898. The van der Waals surface area contributed by atoms with Crippen LogP contribution < -0.4 is 14.4 Å². The zero-order valence-electron chi connectivity index (χ0n) is 27.2.